The molecule has 2 N–H and O–H groups in total. The molecule has 1 heterocycles. The van der Waals surface area contributed by atoms with Crippen LogP contribution in [0.15, 0.2) is 97.1 Å². The number of benzene rings is 4. The molecule has 1 aliphatic heterocycles. The summed E-state index contributed by atoms with van der Waals surface area (Å²) in [6, 6.07) is 31.1. The van der Waals surface area contributed by atoms with Gasteiger partial charge in [0.2, 0.25) is 5.91 Å². The molecule has 0 fully saturated rings. The van der Waals surface area contributed by atoms with Crippen LogP contribution in [0.5, 0.6) is 11.5 Å². The fourth-order valence-electron chi connectivity index (χ4n) is 5.84. The number of carbonyl (C=O) groups excluding carboxylic acids is 2. The van der Waals surface area contributed by atoms with Crippen molar-refractivity contribution < 1.29 is 24.2 Å². The fraction of sp³-hybridized carbons (Fsp3) is 0.316. The van der Waals surface area contributed by atoms with Crippen molar-refractivity contribution in [3.8, 4) is 22.6 Å². The third kappa shape index (κ3) is 7.94. The zero-order chi connectivity index (χ0) is 32.6. The van der Waals surface area contributed by atoms with E-state index in [9.17, 15) is 14.7 Å². The molecule has 0 spiro atoms. The van der Waals surface area contributed by atoms with Gasteiger partial charge in [0.1, 0.15) is 11.9 Å². The average molecular weight is 622 g/mol. The van der Waals surface area contributed by atoms with Gasteiger partial charge in [-0.3, -0.25) is 14.5 Å². The van der Waals surface area contributed by atoms with Crippen LogP contribution in [0.4, 0.5) is 5.69 Å². The Morgan fingerprint density at radius 3 is 2.43 bits per heavy atom. The fourth-order valence-corrected chi connectivity index (χ4v) is 5.84. The first-order chi connectivity index (χ1) is 22.2. The largest absolute Gasteiger partial charge is 0.497 e. The summed E-state index contributed by atoms with van der Waals surface area (Å²) >= 11 is 0. The summed E-state index contributed by atoms with van der Waals surface area (Å²) in [6.45, 7) is 5.47. The van der Waals surface area contributed by atoms with E-state index in [0.717, 1.165) is 5.56 Å². The van der Waals surface area contributed by atoms with Crippen LogP contribution in [-0.2, 0) is 17.8 Å². The second-order valence-corrected chi connectivity index (χ2v) is 12.1. The molecule has 0 unspecified atom stereocenters. The van der Waals surface area contributed by atoms with E-state index in [-0.39, 0.29) is 42.9 Å². The zero-order valence-corrected chi connectivity index (χ0v) is 27.0. The van der Waals surface area contributed by atoms with Crippen molar-refractivity contribution in [1.29, 1.82) is 0 Å². The number of carbonyl (C=O) groups is 2. The van der Waals surface area contributed by atoms with Gasteiger partial charge >= 0.3 is 0 Å². The molecule has 0 aromatic heterocycles. The van der Waals surface area contributed by atoms with E-state index in [0.29, 0.717) is 42.4 Å². The summed E-state index contributed by atoms with van der Waals surface area (Å²) in [7, 11) is 3.65. The highest BCUT2D eigenvalue weighted by Crippen LogP contribution is 2.35. The normalized spacial score (nSPS) is 17.0. The summed E-state index contributed by atoms with van der Waals surface area (Å²) < 4.78 is 12.0. The van der Waals surface area contributed by atoms with E-state index < -0.39 is 0 Å². The highest BCUT2D eigenvalue weighted by molar-refractivity contribution is 6.02. The summed E-state index contributed by atoms with van der Waals surface area (Å²) in [5.41, 5.74) is 5.13. The molecule has 4 aromatic rings. The quantitative estimate of drug-likeness (QED) is 0.217. The predicted molar refractivity (Wildman–Crippen MR) is 181 cm³/mol. The number of aliphatic hydroxyl groups excluding tert-OH is 1. The number of hydrogen-bond acceptors (Lipinski definition) is 6. The van der Waals surface area contributed by atoms with Crippen molar-refractivity contribution >= 4 is 17.5 Å². The van der Waals surface area contributed by atoms with Gasteiger partial charge in [-0.05, 0) is 60.5 Å². The third-order valence-electron chi connectivity index (χ3n) is 8.47. The van der Waals surface area contributed by atoms with Crippen LogP contribution in [0.1, 0.15) is 35.3 Å². The number of ether oxygens (including phenoxy) is 2. The van der Waals surface area contributed by atoms with Crippen LogP contribution in [-0.4, -0.2) is 72.7 Å². The van der Waals surface area contributed by atoms with E-state index in [4.69, 9.17) is 9.47 Å². The molecule has 4 aromatic carbocycles. The topological polar surface area (TPSA) is 91.3 Å². The predicted octanol–water partition coefficient (Wildman–Crippen LogP) is 5.90. The van der Waals surface area contributed by atoms with Gasteiger partial charge in [0.05, 0.1) is 37.4 Å². The van der Waals surface area contributed by atoms with Gasteiger partial charge in [0.25, 0.3) is 5.91 Å². The Morgan fingerprint density at radius 2 is 1.72 bits per heavy atom. The van der Waals surface area contributed by atoms with E-state index in [1.54, 1.807) is 30.2 Å². The van der Waals surface area contributed by atoms with Crippen molar-refractivity contribution in [2.75, 3.05) is 39.2 Å². The molecule has 1 aliphatic rings. The Hall–Kier alpha value is -4.66. The standard InChI is InChI=1S/C38H43N3O5/c1-26-22-41(27(2)25-42)38(44)33-14-9-15-34(39-36(43)21-29-10-8-13-32(20-29)45-4)37(33)46-35(26)24-40(3)23-28-16-18-31(19-17-28)30-11-6-5-7-12-30/h5-20,26-27,35,42H,21-25H2,1-4H3,(H,39,43)/t26-,27+,35-/m1/s1. The van der Waals surface area contributed by atoms with Crippen LogP contribution in [0.2, 0.25) is 0 Å². The van der Waals surface area contributed by atoms with Crippen LogP contribution >= 0.6 is 0 Å². The molecule has 8 heteroatoms. The first-order valence-electron chi connectivity index (χ1n) is 15.7. The summed E-state index contributed by atoms with van der Waals surface area (Å²) in [4.78, 5) is 31.0. The highest BCUT2D eigenvalue weighted by Gasteiger charge is 2.34. The van der Waals surface area contributed by atoms with Gasteiger partial charge in [-0.25, -0.2) is 0 Å². The minimum Gasteiger partial charge on any atom is -0.497 e. The Kier molecular flexibility index (Phi) is 10.7. The van der Waals surface area contributed by atoms with Crippen molar-refractivity contribution in [2.24, 2.45) is 5.92 Å². The van der Waals surface area contributed by atoms with E-state index in [1.807, 2.05) is 49.4 Å². The Balaban J connectivity index is 1.37. The minimum atomic E-state index is -0.381. The van der Waals surface area contributed by atoms with Gasteiger partial charge in [-0.2, -0.15) is 0 Å². The minimum absolute atomic E-state index is 0.0606. The number of para-hydroxylation sites is 1. The number of hydrogen-bond donors (Lipinski definition) is 2. The molecule has 8 nitrogen and oxygen atoms in total. The van der Waals surface area contributed by atoms with Gasteiger partial charge in [0.15, 0.2) is 5.75 Å². The molecule has 3 atom stereocenters. The number of aliphatic hydroxyl groups is 1. The molecular weight excluding hydrogens is 578 g/mol. The van der Waals surface area contributed by atoms with Crippen molar-refractivity contribution in [1.82, 2.24) is 9.80 Å². The molecule has 0 saturated carbocycles. The smallest absolute Gasteiger partial charge is 0.258 e. The molecule has 0 aliphatic carbocycles. The number of anilines is 1. The Labute approximate surface area is 271 Å². The van der Waals surface area contributed by atoms with Crippen LogP contribution in [0.3, 0.4) is 0 Å². The number of likely N-dealkylation sites (N-methyl/N-ethyl adjacent to an activating group) is 1. The SMILES string of the molecule is COc1cccc(CC(=O)Nc2cccc3c2O[C@H](CN(C)Cc2ccc(-c4ccccc4)cc2)[C@H](C)CN([C@@H](C)CO)C3=O)c1. The number of nitrogens with zero attached hydrogens (tertiary/aromatic N) is 2. The van der Waals surface area contributed by atoms with Crippen molar-refractivity contribution in [3.63, 3.8) is 0 Å². The molecule has 0 bridgehead atoms. The Bertz CT molecular complexity index is 1630. The van der Waals surface area contributed by atoms with E-state index >= 15 is 0 Å². The first kappa shape index (κ1) is 32.7. The van der Waals surface area contributed by atoms with Gasteiger partial charge in [-0.15, -0.1) is 0 Å². The number of rotatable bonds is 11. The molecule has 46 heavy (non-hydrogen) atoms. The third-order valence-corrected chi connectivity index (χ3v) is 8.47. The lowest BCUT2D eigenvalue weighted by Gasteiger charge is -2.38. The van der Waals surface area contributed by atoms with Gasteiger partial charge in [-0.1, -0.05) is 79.7 Å². The maximum Gasteiger partial charge on any atom is 0.258 e. The maximum atomic E-state index is 13.8. The molecule has 5 rings (SSSR count). The van der Waals surface area contributed by atoms with Crippen molar-refractivity contribution in [3.05, 3.63) is 114 Å². The van der Waals surface area contributed by atoms with Gasteiger partial charge in [0, 0.05) is 25.6 Å². The lowest BCUT2D eigenvalue weighted by atomic mass is 9.98. The maximum absolute atomic E-state index is 13.8. The second-order valence-electron chi connectivity index (χ2n) is 12.1. The summed E-state index contributed by atoms with van der Waals surface area (Å²) in [5, 5.41) is 13.0. The number of amides is 2. The Morgan fingerprint density at radius 1 is 1.00 bits per heavy atom. The zero-order valence-electron chi connectivity index (χ0n) is 27.0. The van der Waals surface area contributed by atoms with Crippen LogP contribution in [0, 0.1) is 5.92 Å². The molecule has 2 amide bonds. The van der Waals surface area contributed by atoms with E-state index in [2.05, 4.69) is 60.6 Å². The first-order valence-corrected chi connectivity index (χ1v) is 15.7. The van der Waals surface area contributed by atoms with Crippen LogP contribution in [0.25, 0.3) is 11.1 Å². The number of fused-ring (bicyclic) bond motifs is 1. The average Bonchev–Trinajstić information content (AvgIpc) is 3.07. The molecule has 0 radical (unpaired) electrons. The summed E-state index contributed by atoms with van der Waals surface area (Å²) in [6.07, 6.45) is -0.168. The lowest BCUT2D eigenvalue weighted by molar-refractivity contribution is -0.115. The molecule has 0 saturated heterocycles. The second kappa shape index (κ2) is 15.1. The molecular formula is C38H43N3O5. The monoisotopic (exact) mass is 621 g/mol. The summed E-state index contributed by atoms with van der Waals surface area (Å²) in [5.74, 6) is 0.488. The lowest BCUT2D eigenvalue weighted by Crippen LogP contribution is -2.49. The molecule has 240 valence electrons. The van der Waals surface area contributed by atoms with Crippen LogP contribution < -0.4 is 14.8 Å². The highest BCUT2D eigenvalue weighted by atomic mass is 16.5. The number of methoxy groups -OCH3 is 1. The number of nitrogens with one attached hydrogen (secondary N) is 1. The van der Waals surface area contributed by atoms with E-state index in [1.165, 1.54) is 16.7 Å². The van der Waals surface area contributed by atoms with Gasteiger partial charge < -0.3 is 24.8 Å². The van der Waals surface area contributed by atoms with Crippen molar-refractivity contribution in [2.45, 2.75) is 39.0 Å².